The highest BCUT2D eigenvalue weighted by Crippen LogP contribution is 2.17. The smallest absolute Gasteiger partial charge is 0.450 e. The highest BCUT2D eigenvalue weighted by atomic mass is 35.6. The third kappa shape index (κ3) is 9.78. The monoisotopic (exact) mass is 210 g/mol. The van der Waals surface area contributed by atoms with Crippen molar-refractivity contribution in [1.29, 1.82) is 0 Å². The number of carbonyl (C=O) groups is 1. The second kappa shape index (κ2) is 5.43. The second-order valence-electron chi connectivity index (χ2n) is 3.29. The van der Waals surface area contributed by atoms with Gasteiger partial charge in [0.15, 0.2) is 0 Å². The molecular formula is C7H15ClO3Si. The third-order valence-corrected chi connectivity index (χ3v) is 3.50. The summed E-state index contributed by atoms with van der Waals surface area (Å²) in [6.07, 6.45) is 0.531. The van der Waals surface area contributed by atoms with Gasteiger partial charge in [-0.2, -0.15) is 11.1 Å². The predicted molar refractivity (Wildman–Crippen MR) is 51.4 cm³/mol. The molecule has 0 aliphatic rings. The van der Waals surface area contributed by atoms with Gasteiger partial charge in [-0.05, 0) is 12.5 Å². The van der Waals surface area contributed by atoms with E-state index in [2.05, 4.69) is 17.8 Å². The van der Waals surface area contributed by atoms with E-state index in [1.807, 2.05) is 0 Å². The van der Waals surface area contributed by atoms with Gasteiger partial charge in [0.1, 0.15) is 7.38 Å². The molecule has 0 amide bonds. The zero-order valence-electron chi connectivity index (χ0n) is 7.47. The van der Waals surface area contributed by atoms with Gasteiger partial charge in [-0.1, -0.05) is 19.5 Å². The van der Waals surface area contributed by atoms with Gasteiger partial charge < -0.3 is 9.84 Å². The Kier molecular flexibility index (Phi) is 5.33. The lowest BCUT2D eigenvalue weighted by atomic mass is 10.4. The molecule has 0 unspecified atom stereocenters. The van der Waals surface area contributed by atoms with Gasteiger partial charge in [0, 0.05) is 0 Å². The number of rotatable bonds is 5. The van der Waals surface area contributed by atoms with Gasteiger partial charge in [-0.25, -0.2) is 4.79 Å². The molecule has 0 saturated carbocycles. The molecule has 0 rings (SSSR count). The van der Waals surface area contributed by atoms with Crippen LogP contribution < -0.4 is 0 Å². The molecule has 1 N–H and O–H groups in total. The minimum Gasteiger partial charge on any atom is -0.450 e. The number of carboxylic acid groups (broad SMARTS) is 1. The first kappa shape index (κ1) is 11.8. The molecule has 0 radical (unpaired) electrons. The molecule has 0 heterocycles. The Balaban J connectivity index is 3.17. The molecule has 5 heteroatoms. The Bertz CT molecular complexity index is 144. The SMILES string of the molecule is C[Si](C)(Cl)CCCCOC(=O)O. The summed E-state index contributed by atoms with van der Waals surface area (Å²) in [5.74, 6) is 0. The Morgan fingerprint density at radius 2 is 2.08 bits per heavy atom. The van der Waals surface area contributed by atoms with E-state index in [0.717, 1.165) is 18.9 Å². The van der Waals surface area contributed by atoms with Crippen LogP contribution in [0.15, 0.2) is 0 Å². The standard InChI is InChI=1S/C7H15ClO3Si/c1-12(2,8)6-4-3-5-11-7(9)10/h3-6H2,1-2H3,(H,9,10). The molecule has 12 heavy (non-hydrogen) atoms. The maximum absolute atomic E-state index is 9.92. The van der Waals surface area contributed by atoms with Crippen molar-refractivity contribution in [3.63, 3.8) is 0 Å². The fourth-order valence-corrected chi connectivity index (χ4v) is 2.30. The summed E-state index contributed by atoms with van der Waals surface area (Å²) >= 11 is 6.06. The fraction of sp³-hybridized carbons (Fsp3) is 0.857. The number of unbranched alkanes of at least 4 members (excludes halogenated alkanes) is 1. The highest BCUT2D eigenvalue weighted by molar-refractivity contribution is 7.19. The summed E-state index contributed by atoms with van der Waals surface area (Å²) in [7, 11) is -1.47. The van der Waals surface area contributed by atoms with E-state index < -0.39 is 13.5 Å². The van der Waals surface area contributed by atoms with Gasteiger partial charge in [0.2, 0.25) is 0 Å². The van der Waals surface area contributed by atoms with Crippen LogP contribution in [0.1, 0.15) is 12.8 Å². The van der Waals surface area contributed by atoms with Crippen molar-refractivity contribution in [3.8, 4) is 0 Å². The molecule has 0 aromatic heterocycles. The summed E-state index contributed by atoms with van der Waals surface area (Å²) in [4.78, 5) is 9.92. The Morgan fingerprint density at radius 3 is 2.50 bits per heavy atom. The van der Waals surface area contributed by atoms with Crippen molar-refractivity contribution >= 4 is 24.6 Å². The Morgan fingerprint density at radius 1 is 1.50 bits per heavy atom. The van der Waals surface area contributed by atoms with Crippen LogP contribution in [-0.2, 0) is 4.74 Å². The van der Waals surface area contributed by atoms with E-state index in [1.54, 1.807) is 0 Å². The van der Waals surface area contributed by atoms with E-state index in [1.165, 1.54) is 0 Å². The van der Waals surface area contributed by atoms with E-state index >= 15 is 0 Å². The average Bonchev–Trinajstić information content (AvgIpc) is 1.83. The zero-order chi connectivity index (χ0) is 9.61. The van der Waals surface area contributed by atoms with Crippen LogP contribution in [0, 0.1) is 0 Å². The average molecular weight is 211 g/mol. The largest absolute Gasteiger partial charge is 0.505 e. The van der Waals surface area contributed by atoms with Crippen LogP contribution >= 0.6 is 11.1 Å². The van der Waals surface area contributed by atoms with Gasteiger partial charge in [0.05, 0.1) is 6.61 Å². The fourth-order valence-electron chi connectivity index (χ4n) is 0.807. The Hall–Kier alpha value is -0.223. The van der Waals surface area contributed by atoms with Crippen molar-refractivity contribution in [2.75, 3.05) is 6.61 Å². The quantitative estimate of drug-likeness (QED) is 0.329. The summed E-state index contributed by atoms with van der Waals surface area (Å²) in [5.41, 5.74) is 0. The minimum atomic E-state index is -1.47. The van der Waals surface area contributed by atoms with Gasteiger partial charge in [0.25, 0.3) is 0 Å². The first-order valence-corrected chi connectivity index (χ1v) is 8.18. The minimum absolute atomic E-state index is 0.288. The number of halogens is 1. The van der Waals surface area contributed by atoms with Crippen molar-refractivity contribution in [1.82, 2.24) is 0 Å². The molecular weight excluding hydrogens is 196 g/mol. The predicted octanol–water partition coefficient (Wildman–Crippen LogP) is 2.91. The molecule has 0 atom stereocenters. The first-order chi connectivity index (χ1) is 5.42. The normalized spacial score (nSPS) is 11.2. The molecule has 0 aliphatic heterocycles. The molecule has 0 fully saturated rings. The second-order valence-corrected chi connectivity index (χ2v) is 10.3. The highest BCUT2D eigenvalue weighted by Gasteiger charge is 2.15. The van der Waals surface area contributed by atoms with E-state index in [-0.39, 0.29) is 6.61 Å². The molecule has 0 bridgehead atoms. The number of hydrogen-bond acceptors (Lipinski definition) is 2. The molecule has 0 saturated heterocycles. The lowest BCUT2D eigenvalue weighted by molar-refractivity contribution is 0.0905. The van der Waals surface area contributed by atoms with Crippen LogP contribution in [0.2, 0.25) is 19.1 Å². The van der Waals surface area contributed by atoms with Crippen molar-refractivity contribution in [2.24, 2.45) is 0 Å². The number of ether oxygens (including phenoxy) is 1. The summed E-state index contributed by atoms with van der Waals surface area (Å²) in [6, 6.07) is 1.01. The molecule has 3 nitrogen and oxygen atoms in total. The molecule has 72 valence electrons. The van der Waals surface area contributed by atoms with Crippen molar-refractivity contribution in [3.05, 3.63) is 0 Å². The first-order valence-electron chi connectivity index (χ1n) is 3.96. The van der Waals surface area contributed by atoms with Gasteiger partial charge in [-0.15, -0.1) is 0 Å². The Labute approximate surface area is 78.4 Å². The van der Waals surface area contributed by atoms with Crippen molar-refractivity contribution < 1.29 is 14.6 Å². The maximum Gasteiger partial charge on any atom is 0.505 e. The van der Waals surface area contributed by atoms with E-state index in [0.29, 0.717) is 0 Å². The van der Waals surface area contributed by atoms with Crippen molar-refractivity contribution in [2.45, 2.75) is 32.0 Å². The van der Waals surface area contributed by atoms with Crippen LogP contribution in [0.5, 0.6) is 0 Å². The van der Waals surface area contributed by atoms with Gasteiger partial charge >= 0.3 is 6.16 Å². The zero-order valence-corrected chi connectivity index (χ0v) is 9.23. The lowest BCUT2D eigenvalue weighted by Crippen LogP contribution is -2.15. The molecule has 0 spiro atoms. The third-order valence-electron chi connectivity index (χ3n) is 1.39. The van der Waals surface area contributed by atoms with E-state index in [4.69, 9.17) is 16.2 Å². The number of hydrogen-bond donors (Lipinski definition) is 1. The molecule has 0 aliphatic carbocycles. The summed E-state index contributed by atoms with van der Waals surface area (Å²) in [5, 5.41) is 8.13. The topological polar surface area (TPSA) is 46.5 Å². The van der Waals surface area contributed by atoms with E-state index in [9.17, 15) is 4.79 Å². The van der Waals surface area contributed by atoms with Crippen LogP contribution in [0.4, 0.5) is 4.79 Å². The van der Waals surface area contributed by atoms with Crippen LogP contribution in [0.3, 0.4) is 0 Å². The molecule has 0 aromatic rings. The molecule has 0 aromatic carbocycles. The lowest BCUT2D eigenvalue weighted by Gasteiger charge is -2.11. The van der Waals surface area contributed by atoms with Crippen LogP contribution in [-0.4, -0.2) is 25.3 Å². The van der Waals surface area contributed by atoms with Gasteiger partial charge in [-0.3, -0.25) is 0 Å². The maximum atomic E-state index is 9.92. The summed E-state index contributed by atoms with van der Waals surface area (Å²) in [6.45, 7) is 4.44. The van der Waals surface area contributed by atoms with Crippen LogP contribution in [0.25, 0.3) is 0 Å². The summed E-state index contributed by atoms with van der Waals surface area (Å²) < 4.78 is 4.35.